The number of anilines is 2. The smallest absolute Gasteiger partial charge is 0.243 e. The Labute approximate surface area is 183 Å². The Bertz CT molecular complexity index is 955. The molecule has 1 aliphatic heterocycles. The fourth-order valence-electron chi connectivity index (χ4n) is 3.28. The fraction of sp³-hybridized carbons (Fsp3) is 0.381. The number of halogens is 1. The van der Waals surface area contributed by atoms with Crippen LogP contribution in [0.2, 0.25) is 5.02 Å². The Morgan fingerprint density at radius 2 is 1.60 bits per heavy atom. The van der Waals surface area contributed by atoms with Gasteiger partial charge in [0.2, 0.25) is 15.9 Å². The zero-order valence-corrected chi connectivity index (χ0v) is 18.8. The topological polar surface area (TPSA) is 73.0 Å². The molecule has 3 rings (SSSR count). The molecule has 0 aliphatic carbocycles. The number of hydrogen-bond donors (Lipinski definition) is 1. The highest BCUT2D eigenvalue weighted by Gasteiger charge is 2.28. The first-order chi connectivity index (χ1) is 14.3. The van der Waals surface area contributed by atoms with Crippen molar-refractivity contribution in [1.82, 2.24) is 9.21 Å². The van der Waals surface area contributed by atoms with E-state index in [1.54, 1.807) is 12.1 Å². The molecule has 1 amide bonds. The van der Waals surface area contributed by atoms with Crippen LogP contribution in [0.25, 0.3) is 0 Å². The fourth-order valence-corrected chi connectivity index (χ4v) is 4.82. The molecular weight excluding hydrogens is 424 g/mol. The Hall–Kier alpha value is -2.13. The van der Waals surface area contributed by atoms with E-state index in [0.717, 1.165) is 11.4 Å². The molecule has 0 radical (unpaired) electrons. The number of carbonyl (C=O) groups excluding carboxylic acids is 1. The number of carbonyl (C=O) groups is 1. The van der Waals surface area contributed by atoms with E-state index < -0.39 is 10.0 Å². The number of amides is 1. The number of nitrogens with one attached hydrogen (secondary N) is 1. The lowest BCUT2D eigenvalue weighted by Gasteiger charge is -2.33. The molecule has 0 spiro atoms. The summed E-state index contributed by atoms with van der Waals surface area (Å²) < 4.78 is 27.0. The van der Waals surface area contributed by atoms with Crippen LogP contribution in [-0.4, -0.2) is 70.3 Å². The third-order valence-corrected chi connectivity index (χ3v) is 7.27. The van der Waals surface area contributed by atoms with Crippen molar-refractivity contribution < 1.29 is 13.2 Å². The van der Waals surface area contributed by atoms with Gasteiger partial charge in [-0.2, -0.15) is 4.31 Å². The van der Waals surface area contributed by atoms with Gasteiger partial charge in [0.1, 0.15) is 0 Å². The van der Waals surface area contributed by atoms with Crippen molar-refractivity contribution in [3.63, 3.8) is 0 Å². The van der Waals surface area contributed by atoms with Crippen molar-refractivity contribution in [2.24, 2.45) is 0 Å². The van der Waals surface area contributed by atoms with Gasteiger partial charge in [-0.25, -0.2) is 8.42 Å². The minimum atomic E-state index is -3.52. The van der Waals surface area contributed by atoms with Crippen LogP contribution >= 0.6 is 11.6 Å². The molecule has 7 nitrogen and oxygen atoms in total. The van der Waals surface area contributed by atoms with E-state index in [9.17, 15) is 13.2 Å². The van der Waals surface area contributed by atoms with Crippen molar-refractivity contribution in [1.29, 1.82) is 0 Å². The van der Waals surface area contributed by atoms with Gasteiger partial charge in [-0.15, -0.1) is 0 Å². The van der Waals surface area contributed by atoms with Crippen LogP contribution in [0.5, 0.6) is 0 Å². The molecule has 0 atom stereocenters. The van der Waals surface area contributed by atoms with Crippen LogP contribution in [0.15, 0.2) is 53.4 Å². The molecule has 0 saturated carbocycles. The van der Waals surface area contributed by atoms with Gasteiger partial charge in [-0.1, -0.05) is 11.6 Å². The number of sulfonamides is 1. The van der Waals surface area contributed by atoms with E-state index in [-0.39, 0.29) is 10.8 Å². The van der Waals surface area contributed by atoms with E-state index >= 15 is 0 Å². The predicted octanol–water partition coefficient (Wildman–Crippen LogP) is 2.74. The summed E-state index contributed by atoms with van der Waals surface area (Å²) in [4.78, 5) is 16.6. The number of piperazine rings is 1. The summed E-state index contributed by atoms with van der Waals surface area (Å²) in [6.07, 6.45) is 0.360. The molecule has 162 valence electrons. The Morgan fingerprint density at radius 3 is 2.17 bits per heavy atom. The van der Waals surface area contributed by atoms with Crippen molar-refractivity contribution in [2.75, 3.05) is 57.0 Å². The molecule has 1 saturated heterocycles. The summed E-state index contributed by atoms with van der Waals surface area (Å²) in [6, 6.07) is 13.9. The van der Waals surface area contributed by atoms with E-state index in [1.807, 2.05) is 43.3 Å². The van der Waals surface area contributed by atoms with E-state index in [4.69, 9.17) is 11.6 Å². The van der Waals surface area contributed by atoms with E-state index in [1.165, 1.54) is 16.4 Å². The van der Waals surface area contributed by atoms with Crippen LogP contribution in [0.1, 0.15) is 6.42 Å². The highest BCUT2D eigenvalue weighted by Crippen LogP contribution is 2.20. The van der Waals surface area contributed by atoms with Crippen molar-refractivity contribution in [2.45, 2.75) is 11.3 Å². The number of hydrogen-bond acceptors (Lipinski definition) is 5. The second-order valence-electron chi connectivity index (χ2n) is 7.44. The molecule has 1 aliphatic rings. The molecular formula is C21H27ClN4O3S. The Balaban J connectivity index is 1.45. The average Bonchev–Trinajstić information content (AvgIpc) is 2.73. The normalized spacial score (nSPS) is 15.7. The average molecular weight is 451 g/mol. The zero-order chi connectivity index (χ0) is 21.7. The van der Waals surface area contributed by atoms with Gasteiger partial charge in [0.25, 0.3) is 0 Å². The third kappa shape index (κ3) is 5.72. The summed E-state index contributed by atoms with van der Waals surface area (Å²) in [5, 5.41) is 3.41. The standard InChI is InChI=1S/C21H27ClN4O3S/c1-24(2)19-7-5-18(6-8-19)23-21(27)11-12-25-13-15-26(16-14-25)30(28,29)20-9-3-17(22)4-10-20/h3-10H,11-16H2,1-2H3,(H,23,27). The molecule has 2 aromatic rings. The van der Waals surface area contributed by atoms with Crippen LogP contribution in [0.4, 0.5) is 11.4 Å². The van der Waals surface area contributed by atoms with Gasteiger partial charge in [-0.05, 0) is 48.5 Å². The third-order valence-electron chi connectivity index (χ3n) is 5.11. The second-order valence-corrected chi connectivity index (χ2v) is 9.81. The minimum absolute atomic E-state index is 0.0520. The number of benzene rings is 2. The van der Waals surface area contributed by atoms with Crippen molar-refractivity contribution >= 4 is 38.9 Å². The Kier molecular flexibility index (Phi) is 7.36. The second kappa shape index (κ2) is 9.78. The van der Waals surface area contributed by atoms with E-state index in [2.05, 4.69) is 10.2 Å². The lowest BCUT2D eigenvalue weighted by atomic mass is 10.2. The summed E-state index contributed by atoms with van der Waals surface area (Å²) in [5.74, 6) is -0.0520. The molecule has 30 heavy (non-hydrogen) atoms. The zero-order valence-electron chi connectivity index (χ0n) is 17.2. The quantitative estimate of drug-likeness (QED) is 0.702. The van der Waals surface area contributed by atoms with E-state index in [0.29, 0.717) is 44.2 Å². The minimum Gasteiger partial charge on any atom is -0.378 e. The number of nitrogens with zero attached hydrogens (tertiary/aromatic N) is 3. The SMILES string of the molecule is CN(C)c1ccc(NC(=O)CCN2CCN(S(=O)(=O)c3ccc(Cl)cc3)CC2)cc1. The first kappa shape index (κ1) is 22.6. The maximum absolute atomic E-state index is 12.7. The van der Waals surface area contributed by atoms with Gasteiger partial charge >= 0.3 is 0 Å². The van der Waals surface area contributed by atoms with Crippen LogP contribution in [0, 0.1) is 0 Å². The largest absolute Gasteiger partial charge is 0.378 e. The van der Waals surface area contributed by atoms with Crippen LogP contribution in [-0.2, 0) is 14.8 Å². The molecule has 1 heterocycles. The molecule has 9 heteroatoms. The van der Waals surface area contributed by atoms with Gasteiger partial charge in [0, 0.05) is 69.6 Å². The van der Waals surface area contributed by atoms with Gasteiger partial charge in [0.05, 0.1) is 4.90 Å². The summed E-state index contributed by atoms with van der Waals surface area (Å²) in [5.41, 5.74) is 1.84. The monoisotopic (exact) mass is 450 g/mol. The molecule has 0 unspecified atom stereocenters. The van der Waals surface area contributed by atoms with Crippen molar-refractivity contribution in [3.8, 4) is 0 Å². The molecule has 1 fully saturated rings. The lowest BCUT2D eigenvalue weighted by Crippen LogP contribution is -2.49. The predicted molar refractivity (Wildman–Crippen MR) is 121 cm³/mol. The first-order valence-corrected chi connectivity index (χ1v) is 11.6. The highest BCUT2D eigenvalue weighted by atomic mass is 35.5. The summed E-state index contributed by atoms with van der Waals surface area (Å²) in [7, 11) is 0.414. The molecule has 0 aromatic heterocycles. The van der Waals surface area contributed by atoms with Gasteiger partial charge in [0.15, 0.2) is 0 Å². The summed E-state index contributed by atoms with van der Waals surface area (Å²) >= 11 is 5.85. The lowest BCUT2D eigenvalue weighted by molar-refractivity contribution is -0.116. The molecule has 1 N–H and O–H groups in total. The number of rotatable bonds is 7. The van der Waals surface area contributed by atoms with Gasteiger partial charge < -0.3 is 15.1 Å². The van der Waals surface area contributed by atoms with Crippen LogP contribution in [0.3, 0.4) is 0 Å². The molecule has 2 aromatic carbocycles. The van der Waals surface area contributed by atoms with Crippen molar-refractivity contribution in [3.05, 3.63) is 53.6 Å². The maximum atomic E-state index is 12.7. The first-order valence-electron chi connectivity index (χ1n) is 9.81. The Morgan fingerprint density at radius 1 is 1.00 bits per heavy atom. The summed E-state index contributed by atoms with van der Waals surface area (Å²) in [6.45, 7) is 2.59. The maximum Gasteiger partial charge on any atom is 0.243 e. The van der Waals surface area contributed by atoms with Gasteiger partial charge in [-0.3, -0.25) is 4.79 Å². The van der Waals surface area contributed by atoms with Crippen LogP contribution < -0.4 is 10.2 Å². The molecule has 0 bridgehead atoms. The highest BCUT2D eigenvalue weighted by molar-refractivity contribution is 7.89.